The molecule has 5 nitrogen and oxygen atoms in total. The molecule has 0 amide bonds. The number of ether oxygens (including phenoxy) is 2. The summed E-state index contributed by atoms with van der Waals surface area (Å²) in [6.07, 6.45) is 3.26. The Morgan fingerprint density at radius 3 is 2.78 bits per heavy atom. The highest BCUT2D eigenvalue weighted by molar-refractivity contribution is 4.80. The summed E-state index contributed by atoms with van der Waals surface area (Å²) in [6, 6.07) is 0. The third-order valence-electron chi connectivity index (χ3n) is 3.27. The van der Waals surface area contributed by atoms with E-state index in [0.717, 1.165) is 13.0 Å². The van der Waals surface area contributed by atoms with Crippen molar-refractivity contribution in [2.24, 2.45) is 0 Å². The van der Waals surface area contributed by atoms with E-state index in [1.165, 1.54) is 19.3 Å². The number of hydrogen-bond donors (Lipinski definition) is 3. The first kappa shape index (κ1) is 15.9. The van der Waals surface area contributed by atoms with E-state index in [4.69, 9.17) is 9.47 Å². The zero-order chi connectivity index (χ0) is 13.2. The Balaban J connectivity index is 1.94. The monoisotopic (exact) mass is 261 g/mol. The van der Waals surface area contributed by atoms with Gasteiger partial charge in [0.2, 0.25) is 0 Å². The lowest BCUT2D eigenvalue weighted by Crippen LogP contribution is -2.46. The summed E-state index contributed by atoms with van der Waals surface area (Å²) in [7, 11) is 1.97. The largest absolute Gasteiger partial charge is 0.390 e. The molecule has 0 spiro atoms. The highest BCUT2D eigenvalue weighted by Crippen LogP contribution is 2.15. The Labute approximate surface area is 109 Å². The minimum Gasteiger partial charge on any atom is -0.390 e. The van der Waals surface area contributed by atoms with Crippen molar-refractivity contribution in [3.8, 4) is 0 Å². The summed E-state index contributed by atoms with van der Waals surface area (Å²) < 4.78 is 10.9. The van der Waals surface area contributed by atoms with Gasteiger partial charge in [0.1, 0.15) is 12.2 Å². The molecule has 0 aliphatic carbocycles. The van der Waals surface area contributed by atoms with Crippen molar-refractivity contribution in [2.45, 2.75) is 50.4 Å². The molecule has 0 bridgehead atoms. The average Bonchev–Trinajstić information content (AvgIpc) is 2.37. The van der Waals surface area contributed by atoms with Gasteiger partial charge in [-0.2, -0.15) is 0 Å². The van der Waals surface area contributed by atoms with Crippen LogP contribution in [0.3, 0.4) is 0 Å². The fourth-order valence-corrected chi connectivity index (χ4v) is 2.06. The smallest absolute Gasteiger partial charge is 0.109 e. The molecule has 0 radical (unpaired) electrons. The topological polar surface area (TPSA) is 71.0 Å². The van der Waals surface area contributed by atoms with Crippen molar-refractivity contribution in [2.75, 3.05) is 33.4 Å². The van der Waals surface area contributed by atoms with Crippen LogP contribution in [0, 0.1) is 0 Å². The van der Waals surface area contributed by atoms with Crippen molar-refractivity contribution in [3.63, 3.8) is 0 Å². The Morgan fingerprint density at radius 2 is 2.00 bits per heavy atom. The molecule has 3 atom stereocenters. The molecule has 1 heterocycles. The van der Waals surface area contributed by atoms with Crippen LogP contribution in [0.25, 0.3) is 0 Å². The Kier molecular flexibility index (Phi) is 8.54. The zero-order valence-corrected chi connectivity index (χ0v) is 11.3. The van der Waals surface area contributed by atoms with E-state index < -0.39 is 12.2 Å². The van der Waals surface area contributed by atoms with Crippen LogP contribution in [0.15, 0.2) is 0 Å². The van der Waals surface area contributed by atoms with Gasteiger partial charge in [-0.25, -0.2) is 0 Å². The Hall–Kier alpha value is -0.200. The van der Waals surface area contributed by atoms with Gasteiger partial charge in [-0.1, -0.05) is 12.8 Å². The van der Waals surface area contributed by atoms with E-state index >= 15 is 0 Å². The molecule has 18 heavy (non-hydrogen) atoms. The van der Waals surface area contributed by atoms with E-state index in [0.29, 0.717) is 26.2 Å². The molecule has 0 aromatic rings. The number of rotatable bonds is 9. The maximum atomic E-state index is 9.68. The highest BCUT2D eigenvalue weighted by atomic mass is 16.5. The molecule has 1 saturated heterocycles. The first-order valence-electron chi connectivity index (χ1n) is 6.95. The minimum absolute atomic E-state index is 0.370. The molecule has 1 rings (SSSR count). The molecule has 3 N–H and O–H groups in total. The minimum atomic E-state index is -0.811. The van der Waals surface area contributed by atoms with E-state index in [2.05, 4.69) is 5.32 Å². The maximum absolute atomic E-state index is 9.68. The first-order valence-corrected chi connectivity index (χ1v) is 6.95. The summed E-state index contributed by atoms with van der Waals surface area (Å²) in [5, 5.41) is 22.3. The summed E-state index contributed by atoms with van der Waals surface area (Å²) in [5.41, 5.74) is 0. The summed E-state index contributed by atoms with van der Waals surface area (Å²) in [6.45, 7) is 2.63. The second-order valence-corrected chi connectivity index (χ2v) is 4.85. The molecule has 0 aromatic carbocycles. The second kappa shape index (κ2) is 9.69. The van der Waals surface area contributed by atoms with Crippen LogP contribution >= 0.6 is 0 Å². The number of nitrogens with one attached hydrogen (secondary N) is 1. The summed E-state index contributed by atoms with van der Waals surface area (Å²) in [4.78, 5) is 0. The quantitative estimate of drug-likeness (QED) is 0.521. The number of unbranched alkanes of at least 4 members (excludes halogenated alkanes) is 3. The normalized spacial score (nSPS) is 28.5. The average molecular weight is 261 g/mol. The fourth-order valence-electron chi connectivity index (χ4n) is 2.06. The van der Waals surface area contributed by atoms with Gasteiger partial charge in [-0.05, 0) is 32.9 Å². The number of hydrogen-bond acceptors (Lipinski definition) is 5. The van der Waals surface area contributed by atoms with Gasteiger partial charge in [-0.15, -0.1) is 0 Å². The Morgan fingerprint density at radius 1 is 1.22 bits per heavy atom. The van der Waals surface area contributed by atoms with E-state index in [-0.39, 0.29) is 6.10 Å². The molecule has 5 heteroatoms. The van der Waals surface area contributed by atoms with Crippen LogP contribution in [0.2, 0.25) is 0 Å². The Bertz CT molecular complexity index is 203. The van der Waals surface area contributed by atoms with Gasteiger partial charge in [0.15, 0.2) is 0 Å². The van der Waals surface area contributed by atoms with Crippen LogP contribution in [0.4, 0.5) is 0 Å². The maximum Gasteiger partial charge on any atom is 0.109 e. The lowest BCUT2D eigenvalue weighted by Gasteiger charge is -2.31. The predicted octanol–water partition coefficient (Wildman–Crippen LogP) is 0.294. The molecule has 1 fully saturated rings. The molecule has 108 valence electrons. The van der Waals surface area contributed by atoms with Gasteiger partial charge < -0.3 is 25.0 Å². The molecular formula is C13H27NO4. The molecule has 0 saturated carbocycles. The molecule has 1 aliphatic heterocycles. The van der Waals surface area contributed by atoms with Gasteiger partial charge in [0.05, 0.1) is 12.7 Å². The lowest BCUT2D eigenvalue weighted by molar-refractivity contribution is -0.154. The fraction of sp³-hybridized carbons (Fsp3) is 1.00. The van der Waals surface area contributed by atoms with Crippen molar-refractivity contribution in [1.82, 2.24) is 5.32 Å². The molecular weight excluding hydrogens is 234 g/mol. The molecule has 3 unspecified atom stereocenters. The zero-order valence-electron chi connectivity index (χ0n) is 11.3. The molecule has 1 aliphatic rings. The number of aliphatic hydroxyl groups excluding tert-OH is 2. The van der Waals surface area contributed by atoms with Crippen molar-refractivity contribution < 1.29 is 19.7 Å². The van der Waals surface area contributed by atoms with Crippen LogP contribution in [-0.2, 0) is 9.47 Å². The van der Waals surface area contributed by atoms with E-state index in [1.807, 2.05) is 7.05 Å². The first-order chi connectivity index (χ1) is 8.75. The van der Waals surface area contributed by atoms with Crippen molar-refractivity contribution in [3.05, 3.63) is 0 Å². The highest BCUT2D eigenvalue weighted by Gasteiger charge is 2.31. The van der Waals surface area contributed by atoms with E-state index in [9.17, 15) is 10.2 Å². The van der Waals surface area contributed by atoms with Crippen molar-refractivity contribution in [1.29, 1.82) is 0 Å². The van der Waals surface area contributed by atoms with Gasteiger partial charge in [0, 0.05) is 13.2 Å². The van der Waals surface area contributed by atoms with Gasteiger partial charge >= 0.3 is 0 Å². The SMILES string of the molecule is CNCCCCCCOCC1OCCC(O)C1O. The second-order valence-electron chi connectivity index (χ2n) is 4.85. The third-order valence-corrected chi connectivity index (χ3v) is 3.27. The standard InChI is InChI=1S/C13H27NO4/c1-14-7-4-2-3-5-8-17-10-12-13(16)11(15)6-9-18-12/h11-16H,2-10H2,1H3. The van der Waals surface area contributed by atoms with Crippen LogP contribution in [0.1, 0.15) is 32.1 Å². The van der Waals surface area contributed by atoms with Crippen LogP contribution in [0.5, 0.6) is 0 Å². The van der Waals surface area contributed by atoms with E-state index in [1.54, 1.807) is 0 Å². The third kappa shape index (κ3) is 6.11. The summed E-state index contributed by atoms with van der Waals surface area (Å²) in [5.74, 6) is 0. The predicted molar refractivity (Wildman–Crippen MR) is 69.6 cm³/mol. The van der Waals surface area contributed by atoms with Gasteiger partial charge in [0.25, 0.3) is 0 Å². The summed E-state index contributed by atoms with van der Waals surface area (Å²) >= 11 is 0. The van der Waals surface area contributed by atoms with Gasteiger partial charge in [-0.3, -0.25) is 0 Å². The van der Waals surface area contributed by atoms with Crippen LogP contribution in [-0.4, -0.2) is 61.9 Å². The lowest BCUT2D eigenvalue weighted by atomic mass is 10.0. The van der Waals surface area contributed by atoms with Crippen LogP contribution < -0.4 is 5.32 Å². The number of aliphatic hydroxyl groups is 2. The van der Waals surface area contributed by atoms with Crippen molar-refractivity contribution >= 4 is 0 Å². The molecule has 0 aromatic heterocycles.